The number of sulfone groups is 1. The molecule has 0 radical (unpaired) electrons. The fourth-order valence-electron chi connectivity index (χ4n) is 0.666. The van der Waals surface area contributed by atoms with Crippen LogP contribution in [-0.2, 0) is 38.9 Å². The van der Waals surface area contributed by atoms with Crippen LogP contribution in [0.2, 0.25) is 0 Å². The molecule has 0 N–H and O–H groups in total. The van der Waals surface area contributed by atoms with Crippen LogP contribution in [-0.4, -0.2) is 195 Å². The number of aliphatic imine (C=N–C) groups is 1. The van der Waals surface area contributed by atoms with Gasteiger partial charge in [0.25, 0.3) is 0 Å². The van der Waals surface area contributed by atoms with Gasteiger partial charge in [-0.25, -0.2) is 42.1 Å². The Morgan fingerprint density at radius 3 is 0.900 bits per heavy atom. The SMILES string of the molecule is CC#N.CC(=O)N(C)C.CN(C)C(=O)N(C)C.CN(C)S(C)(=O)=O.CN=C(C)C.COC(=O)N(C)C.COC(=O)OC.CS(C)(=O)=O.[C-]#[N+]C. The van der Waals surface area contributed by atoms with Gasteiger partial charge in [0.05, 0.1) is 33.7 Å². The number of urea groups is 1. The first-order valence-corrected chi connectivity index (χ1v) is 17.8. The molecular weight excluding hydrogens is 700 g/mol. The molecule has 300 valence electrons. The minimum Gasteiger partial charge on any atom is -0.453 e. The lowest BCUT2D eigenvalue weighted by Gasteiger charge is -2.16. The Labute approximate surface area is 303 Å². The molecule has 0 unspecified atom stereocenters. The number of carbonyl (C=O) groups is 4. The van der Waals surface area contributed by atoms with E-state index in [9.17, 15) is 36.0 Å². The number of ether oxygens (including phenoxy) is 3. The van der Waals surface area contributed by atoms with Gasteiger partial charge in [-0.3, -0.25) is 9.79 Å². The minimum atomic E-state index is -2.91. The van der Waals surface area contributed by atoms with E-state index in [4.69, 9.17) is 11.8 Å². The molecule has 0 rings (SSSR count). The van der Waals surface area contributed by atoms with Crippen LogP contribution in [0.5, 0.6) is 0 Å². The van der Waals surface area contributed by atoms with Crippen LogP contribution in [0.15, 0.2) is 4.99 Å². The highest BCUT2D eigenvalue weighted by atomic mass is 32.2. The highest BCUT2D eigenvalue weighted by Gasteiger charge is 2.03. The summed E-state index contributed by atoms with van der Waals surface area (Å²) < 4.78 is 53.3. The lowest BCUT2D eigenvalue weighted by molar-refractivity contribution is -0.126. The highest BCUT2D eigenvalue weighted by Crippen LogP contribution is 1.84. The second-order valence-electron chi connectivity index (χ2n) is 9.81. The van der Waals surface area contributed by atoms with E-state index in [-0.39, 0.29) is 18.0 Å². The number of sulfonamides is 1. The monoisotopic (exact) mass is 766 g/mol. The smallest absolute Gasteiger partial charge is 0.453 e. The lowest BCUT2D eigenvalue weighted by Crippen LogP contribution is -2.33. The Hall–Kier alpha value is -4.21. The van der Waals surface area contributed by atoms with Crippen molar-refractivity contribution in [2.24, 2.45) is 4.99 Å². The molecular formula is C29H66N8O11S2. The largest absolute Gasteiger partial charge is 0.507 e. The third-order valence-electron chi connectivity index (χ3n) is 3.38. The van der Waals surface area contributed by atoms with Crippen molar-refractivity contribution in [3.63, 3.8) is 0 Å². The maximum Gasteiger partial charge on any atom is 0.507 e. The zero-order chi connectivity index (χ0) is 43.0. The summed E-state index contributed by atoms with van der Waals surface area (Å²) in [7, 11) is 18.1. The first kappa shape index (κ1) is 67.9. The Bertz CT molecular complexity index is 1130. The first-order valence-electron chi connectivity index (χ1n) is 13.7. The summed E-state index contributed by atoms with van der Waals surface area (Å²) in [6.07, 6.45) is 2.50. The van der Waals surface area contributed by atoms with Gasteiger partial charge in [0.15, 0.2) is 0 Å². The summed E-state index contributed by atoms with van der Waals surface area (Å²) >= 11 is 0. The van der Waals surface area contributed by atoms with Gasteiger partial charge in [-0.1, -0.05) is 0 Å². The molecule has 0 saturated heterocycles. The van der Waals surface area contributed by atoms with Gasteiger partial charge in [-0.05, 0) is 13.8 Å². The summed E-state index contributed by atoms with van der Waals surface area (Å²) in [5, 5.41) is 7.32. The van der Waals surface area contributed by atoms with Crippen molar-refractivity contribution >= 4 is 49.8 Å². The zero-order valence-corrected chi connectivity index (χ0v) is 36.0. The Morgan fingerprint density at radius 2 is 0.900 bits per heavy atom. The molecule has 19 nitrogen and oxygen atoms in total. The van der Waals surface area contributed by atoms with E-state index in [1.807, 2.05) is 13.8 Å². The summed E-state index contributed by atoms with van der Waals surface area (Å²) in [4.78, 5) is 53.2. The number of hydrogen-bond donors (Lipinski definition) is 0. The molecule has 4 amide bonds. The fourth-order valence-corrected chi connectivity index (χ4v) is 0.666. The van der Waals surface area contributed by atoms with Crippen LogP contribution < -0.4 is 0 Å². The lowest BCUT2D eigenvalue weighted by atomic mass is 10.5. The Morgan fingerprint density at radius 1 is 0.700 bits per heavy atom. The Kier molecular flexibility index (Phi) is 60.8. The predicted octanol–water partition coefficient (Wildman–Crippen LogP) is 2.37. The fraction of sp³-hybridized carbons (Fsp3) is 0.759. The average Bonchev–Trinajstić information content (AvgIpc) is 2.96. The van der Waals surface area contributed by atoms with Crippen LogP contribution in [0.1, 0.15) is 27.7 Å². The number of rotatable bonds is 1. The second-order valence-corrected chi connectivity index (χ2v) is 14.3. The average molecular weight is 767 g/mol. The van der Waals surface area contributed by atoms with Gasteiger partial charge in [0.2, 0.25) is 23.0 Å². The van der Waals surface area contributed by atoms with Gasteiger partial charge in [0, 0.05) is 110 Å². The summed E-state index contributed by atoms with van der Waals surface area (Å²) in [5.41, 5.74) is 1.13. The standard InChI is InChI=1S/C5H12N2O.C4H9NO2.C4H9NO.C4H9N.C3H9NO2S.C3H6O3.2C2H3N.C2H6O2S/c1-6(2)5(8)7(3)4;1-5(2)4(6)7-3;1-4(6)5(2)3;1-4(2)5-3;1-4(2)7(3,5)6;1-5-3(4)6-2;1-3-2;1-2-3;1-5(2,3)4/h1-4H3;1-3H3;1-3H3;1-3H3;1-3H3;1-2H3;2*1H3;1-2H3. The molecule has 21 heteroatoms. The predicted molar refractivity (Wildman–Crippen MR) is 200 cm³/mol. The molecule has 0 aromatic carbocycles. The van der Waals surface area contributed by atoms with E-state index < -0.39 is 26.0 Å². The van der Waals surface area contributed by atoms with Gasteiger partial charge < -0.3 is 38.7 Å². The van der Waals surface area contributed by atoms with Crippen molar-refractivity contribution in [1.82, 2.24) is 23.9 Å². The summed E-state index contributed by atoms with van der Waals surface area (Å²) in [6.45, 7) is 12.7. The maximum absolute atomic E-state index is 10.7. The molecule has 0 bridgehead atoms. The topological polar surface area (TPSA) is 221 Å². The van der Waals surface area contributed by atoms with Gasteiger partial charge >= 0.3 is 18.3 Å². The summed E-state index contributed by atoms with van der Waals surface area (Å²) in [5.74, 6) is 0.0926. The molecule has 0 atom stereocenters. The van der Waals surface area contributed by atoms with Crippen molar-refractivity contribution in [3.8, 4) is 6.07 Å². The van der Waals surface area contributed by atoms with Crippen LogP contribution >= 0.6 is 0 Å². The van der Waals surface area contributed by atoms with E-state index in [0.29, 0.717) is 0 Å². The molecule has 0 heterocycles. The van der Waals surface area contributed by atoms with Crippen LogP contribution in [0, 0.1) is 17.9 Å². The van der Waals surface area contributed by atoms with E-state index in [1.165, 1.54) is 75.9 Å². The highest BCUT2D eigenvalue weighted by molar-refractivity contribution is 7.90. The number of amides is 4. The molecule has 0 aromatic heterocycles. The molecule has 50 heavy (non-hydrogen) atoms. The van der Waals surface area contributed by atoms with Crippen molar-refractivity contribution in [2.45, 2.75) is 27.7 Å². The van der Waals surface area contributed by atoms with Crippen LogP contribution in [0.4, 0.5) is 14.4 Å². The van der Waals surface area contributed by atoms with Crippen LogP contribution in [0.3, 0.4) is 0 Å². The number of methoxy groups -OCH3 is 3. The van der Waals surface area contributed by atoms with E-state index >= 15 is 0 Å². The van der Waals surface area contributed by atoms with Gasteiger partial charge in [-0.15, -0.1) is 0 Å². The van der Waals surface area contributed by atoms with Crippen molar-refractivity contribution < 1.29 is 50.2 Å². The number of nitrogens with zero attached hydrogens (tertiary/aromatic N) is 8. The van der Waals surface area contributed by atoms with Crippen molar-refractivity contribution in [1.29, 1.82) is 5.26 Å². The third kappa shape index (κ3) is 121. The van der Waals surface area contributed by atoms with Crippen LogP contribution in [0.25, 0.3) is 4.85 Å². The van der Waals surface area contributed by atoms with E-state index in [1.54, 1.807) is 69.5 Å². The molecule has 0 spiro atoms. The number of carbonyl (C=O) groups excluding carboxylic acids is 4. The van der Waals surface area contributed by atoms with Crippen molar-refractivity contribution in [2.75, 3.05) is 125 Å². The van der Waals surface area contributed by atoms with E-state index in [0.717, 1.165) is 28.8 Å². The first-order chi connectivity index (χ1) is 22.2. The van der Waals surface area contributed by atoms with E-state index in [2.05, 4.69) is 24.0 Å². The molecule has 0 saturated carbocycles. The third-order valence-corrected chi connectivity index (χ3v) is 4.71. The minimum absolute atomic E-state index is 0.0185. The van der Waals surface area contributed by atoms with Gasteiger partial charge in [0.1, 0.15) is 9.84 Å². The Balaban J connectivity index is -0.0000000548. The maximum atomic E-state index is 10.7. The molecule has 0 fully saturated rings. The summed E-state index contributed by atoms with van der Waals surface area (Å²) in [6, 6.07) is 1.77. The normalized spacial score (nSPS) is 8.18. The van der Waals surface area contributed by atoms with Gasteiger partial charge in [-0.2, -0.15) is 5.26 Å². The molecule has 0 aliphatic heterocycles. The zero-order valence-electron chi connectivity index (χ0n) is 34.4. The molecule has 0 aliphatic carbocycles. The van der Waals surface area contributed by atoms with Crippen molar-refractivity contribution in [3.05, 3.63) is 11.4 Å². The quantitative estimate of drug-likeness (QED) is 0.213. The second kappa shape index (κ2) is 44.8. The molecule has 0 aromatic rings. The number of nitriles is 1. The number of hydrogen-bond acceptors (Lipinski definition) is 13. The molecule has 0 aliphatic rings.